The van der Waals surface area contributed by atoms with Crippen molar-refractivity contribution >= 4 is 0 Å². The molecule has 0 aliphatic heterocycles. The zero-order valence-corrected chi connectivity index (χ0v) is 11.1. The summed E-state index contributed by atoms with van der Waals surface area (Å²) in [5.41, 5.74) is 0. The highest BCUT2D eigenvalue weighted by Gasteiger charge is 2.16. The van der Waals surface area contributed by atoms with Crippen molar-refractivity contribution in [2.45, 2.75) is 67.2 Å². The Labute approximate surface area is 91.5 Å². The van der Waals surface area contributed by atoms with Crippen molar-refractivity contribution < 1.29 is 0 Å². The van der Waals surface area contributed by atoms with Gasteiger partial charge in [-0.25, -0.2) is 0 Å². The molecule has 0 fully saturated rings. The van der Waals surface area contributed by atoms with Crippen LogP contribution in [0.5, 0.6) is 0 Å². The van der Waals surface area contributed by atoms with E-state index in [1.807, 2.05) is 0 Å². The van der Waals surface area contributed by atoms with Gasteiger partial charge in [-0.1, -0.05) is 54.4 Å². The maximum absolute atomic E-state index is 2.43. The summed E-state index contributed by atoms with van der Waals surface area (Å²) in [6.45, 7) is 14.2. The van der Waals surface area contributed by atoms with Crippen LogP contribution in [0, 0.1) is 23.7 Å². The van der Waals surface area contributed by atoms with Gasteiger partial charge in [0.05, 0.1) is 0 Å². The van der Waals surface area contributed by atoms with Crippen molar-refractivity contribution in [3.63, 3.8) is 0 Å². The Balaban J connectivity index is 3.91. The monoisotopic (exact) mass is 198 g/mol. The van der Waals surface area contributed by atoms with Crippen LogP contribution < -0.4 is 0 Å². The zero-order chi connectivity index (χ0) is 11.1. The van der Waals surface area contributed by atoms with E-state index in [-0.39, 0.29) is 0 Å². The van der Waals surface area contributed by atoms with Gasteiger partial charge in [0.15, 0.2) is 0 Å². The van der Waals surface area contributed by atoms with Crippen molar-refractivity contribution in [1.29, 1.82) is 0 Å². The summed E-state index contributed by atoms with van der Waals surface area (Å²) >= 11 is 0. The first-order valence-electron chi connectivity index (χ1n) is 6.51. The second-order valence-electron chi connectivity index (χ2n) is 5.50. The van der Waals surface area contributed by atoms with Crippen molar-refractivity contribution in [1.82, 2.24) is 0 Å². The molecular weight excluding hydrogens is 168 g/mol. The molecule has 0 saturated carbocycles. The molecule has 0 heterocycles. The molecule has 3 unspecified atom stereocenters. The molecule has 86 valence electrons. The summed E-state index contributed by atoms with van der Waals surface area (Å²) in [5, 5.41) is 0. The van der Waals surface area contributed by atoms with Crippen molar-refractivity contribution in [2.75, 3.05) is 0 Å². The average Bonchev–Trinajstić information content (AvgIpc) is 2.14. The van der Waals surface area contributed by atoms with E-state index in [1.165, 1.54) is 25.7 Å². The van der Waals surface area contributed by atoms with Crippen LogP contribution in [0.4, 0.5) is 0 Å². The molecule has 0 radical (unpaired) electrons. The number of rotatable bonds is 7. The van der Waals surface area contributed by atoms with E-state index in [0.29, 0.717) is 0 Å². The summed E-state index contributed by atoms with van der Waals surface area (Å²) < 4.78 is 0. The minimum absolute atomic E-state index is 0.865. The molecule has 0 heteroatoms. The third kappa shape index (κ3) is 5.67. The van der Waals surface area contributed by atoms with Gasteiger partial charge in [-0.3, -0.25) is 0 Å². The van der Waals surface area contributed by atoms with Gasteiger partial charge in [0, 0.05) is 0 Å². The number of hydrogen-bond donors (Lipinski definition) is 0. The lowest BCUT2D eigenvalue weighted by Crippen LogP contribution is -2.14. The van der Waals surface area contributed by atoms with Gasteiger partial charge in [0.1, 0.15) is 0 Å². The molecule has 0 bridgehead atoms. The van der Waals surface area contributed by atoms with Gasteiger partial charge < -0.3 is 0 Å². The lowest BCUT2D eigenvalue weighted by molar-refractivity contribution is 0.265. The van der Waals surface area contributed by atoms with Crippen LogP contribution >= 0.6 is 0 Å². The second kappa shape index (κ2) is 7.31. The highest BCUT2D eigenvalue weighted by atomic mass is 14.2. The molecule has 14 heavy (non-hydrogen) atoms. The van der Waals surface area contributed by atoms with Crippen molar-refractivity contribution in [2.24, 2.45) is 23.7 Å². The van der Waals surface area contributed by atoms with E-state index in [9.17, 15) is 0 Å². The topological polar surface area (TPSA) is 0 Å². The fourth-order valence-electron chi connectivity index (χ4n) is 2.26. The van der Waals surface area contributed by atoms with E-state index in [1.54, 1.807) is 0 Å². The van der Waals surface area contributed by atoms with E-state index in [0.717, 1.165) is 23.7 Å². The van der Waals surface area contributed by atoms with Crippen molar-refractivity contribution in [3.8, 4) is 0 Å². The van der Waals surface area contributed by atoms with Crippen LogP contribution in [0.1, 0.15) is 67.2 Å². The molecule has 0 aromatic carbocycles. The smallest absolute Gasteiger partial charge is 0.0412 e. The summed E-state index contributed by atoms with van der Waals surface area (Å²) in [4.78, 5) is 0. The Morgan fingerprint density at radius 1 is 0.714 bits per heavy atom. The highest BCUT2D eigenvalue weighted by molar-refractivity contribution is 4.67. The standard InChI is InChI=1S/C14H30/c1-7-12(5)13(6)10-14(8-2)9-11(3)4/h11-14H,7-10H2,1-6H3. The van der Waals surface area contributed by atoms with Gasteiger partial charge in [0.2, 0.25) is 0 Å². The van der Waals surface area contributed by atoms with Crippen LogP contribution in [-0.4, -0.2) is 0 Å². The molecule has 0 saturated heterocycles. The third-order valence-electron chi connectivity index (χ3n) is 3.70. The molecule has 0 N–H and O–H groups in total. The van der Waals surface area contributed by atoms with E-state index < -0.39 is 0 Å². The molecule has 0 aromatic heterocycles. The first-order valence-corrected chi connectivity index (χ1v) is 6.51. The lowest BCUT2D eigenvalue weighted by atomic mass is 9.81. The molecule has 0 amide bonds. The van der Waals surface area contributed by atoms with Gasteiger partial charge >= 0.3 is 0 Å². The molecule has 3 atom stereocenters. The largest absolute Gasteiger partial charge is 0.0651 e. The Kier molecular flexibility index (Phi) is 7.31. The SMILES string of the molecule is CCC(CC(C)C)CC(C)C(C)CC. The Bertz CT molecular complexity index is 126. The fourth-order valence-corrected chi connectivity index (χ4v) is 2.26. The van der Waals surface area contributed by atoms with Crippen LogP contribution in [0.25, 0.3) is 0 Å². The molecule has 0 spiro atoms. The van der Waals surface area contributed by atoms with E-state index >= 15 is 0 Å². The van der Waals surface area contributed by atoms with Crippen LogP contribution in [0.2, 0.25) is 0 Å². The normalized spacial score (nSPS) is 18.2. The third-order valence-corrected chi connectivity index (χ3v) is 3.70. The Hall–Kier alpha value is 0. The molecule has 0 aromatic rings. The van der Waals surface area contributed by atoms with Crippen LogP contribution in [0.3, 0.4) is 0 Å². The first-order chi connectivity index (χ1) is 6.51. The fraction of sp³-hybridized carbons (Fsp3) is 1.00. The maximum Gasteiger partial charge on any atom is -0.0412 e. The van der Waals surface area contributed by atoms with Crippen LogP contribution in [-0.2, 0) is 0 Å². The molecular formula is C14H30. The quantitative estimate of drug-likeness (QED) is 0.532. The molecule has 0 rings (SSSR count). The van der Waals surface area contributed by atoms with Gasteiger partial charge in [0.25, 0.3) is 0 Å². The summed E-state index contributed by atoms with van der Waals surface area (Å²) in [6.07, 6.45) is 5.54. The molecule has 0 aliphatic carbocycles. The average molecular weight is 198 g/mol. The molecule has 0 nitrogen and oxygen atoms in total. The van der Waals surface area contributed by atoms with Crippen LogP contribution in [0.15, 0.2) is 0 Å². The van der Waals surface area contributed by atoms with Crippen molar-refractivity contribution in [3.05, 3.63) is 0 Å². The second-order valence-corrected chi connectivity index (χ2v) is 5.50. The minimum atomic E-state index is 0.865. The Morgan fingerprint density at radius 3 is 1.64 bits per heavy atom. The Morgan fingerprint density at radius 2 is 1.29 bits per heavy atom. The summed E-state index contributed by atoms with van der Waals surface area (Å²) in [6, 6.07) is 0. The predicted molar refractivity (Wildman–Crippen MR) is 66.5 cm³/mol. The van der Waals surface area contributed by atoms with E-state index in [2.05, 4.69) is 41.5 Å². The van der Waals surface area contributed by atoms with Gasteiger partial charge in [-0.2, -0.15) is 0 Å². The highest BCUT2D eigenvalue weighted by Crippen LogP contribution is 2.27. The predicted octanol–water partition coefficient (Wildman–Crippen LogP) is 5.13. The lowest BCUT2D eigenvalue weighted by Gasteiger charge is -2.25. The van der Waals surface area contributed by atoms with Gasteiger partial charge in [-0.05, 0) is 36.5 Å². The summed E-state index contributed by atoms with van der Waals surface area (Å²) in [5.74, 6) is 3.63. The summed E-state index contributed by atoms with van der Waals surface area (Å²) in [7, 11) is 0. The van der Waals surface area contributed by atoms with Gasteiger partial charge in [-0.15, -0.1) is 0 Å². The van der Waals surface area contributed by atoms with E-state index in [4.69, 9.17) is 0 Å². The first kappa shape index (κ1) is 14.0. The maximum atomic E-state index is 2.43. The minimum Gasteiger partial charge on any atom is -0.0651 e. The number of hydrogen-bond acceptors (Lipinski definition) is 0. The zero-order valence-electron chi connectivity index (χ0n) is 11.1. The molecule has 0 aliphatic rings.